The number of hydrogen-bond donors (Lipinski definition) is 3. The SMILES string of the molecule is NC(CO)c1ncc(-c2cccnc2)[nH]1. The van der Waals surface area contributed by atoms with Crippen LogP contribution in [0.15, 0.2) is 30.7 Å². The van der Waals surface area contributed by atoms with Crippen molar-refractivity contribution in [1.82, 2.24) is 15.0 Å². The molecule has 0 spiro atoms. The summed E-state index contributed by atoms with van der Waals surface area (Å²) in [4.78, 5) is 11.1. The molecule has 15 heavy (non-hydrogen) atoms. The van der Waals surface area contributed by atoms with Crippen LogP contribution in [0.3, 0.4) is 0 Å². The second kappa shape index (κ2) is 4.20. The number of nitrogens with zero attached hydrogens (tertiary/aromatic N) is 2. The monoisotopic (exact) mass is 204 g/mol. The number of aliphatic hydroxyl groups excluding tert-OH is 1. The summed E-state index contributed by atoms with van der Waals surface area (Å²) in [5.74, 6) is 0.580. The van der Waals surface area contributed by atoms with Crippen molar-refractivity contribution in [3.63, 3.8) is 0 Å². The fraction of sp³-hybridized carbons (Fsp3) is 0.200. The van der Waals surface area contributed by atoms with Gasteiger partial charge in [-0.2, -0.15) is 0 Å². The fourth-order valence-corrected chi connectivity index (χ4v) is 1.28. The minimum atomic E-state index is -0.463. The molecule has 0 fully saturated rings. The van der Waals surface area contributed by atoms with E-state index in [1.165, 1.54) is 0 Å². The van der Waals surface area contributed by atoms with Crippen LogP contribution in [-0.2, 0) is 0 Å². The first kappa shape index (κ1) is 9.82. The molecular formula is C10H12N4O. The molecule has 4 N–H and O–H groups in total. The highest BCUT2D eigenvalue weighted by Gasteiger charge is 2.09. The van der Waals surface area contributed by atoms with Crippen LogP contribution in [0.4, 0.5) is 0 Å². The average molecular weight is 204 g/mol. The molecule has 0 amide bonds. The van der Waals surface area contributed by atoms with E-state index in [1.807, 2.05) is 12.1 Å². The third-order valence-corrected chi connectivity index (χ3v) is 2.12. The Morgan fingerprint density at radius 2 is 2.33 bits per heavy atom. The summed E-state index contributed by atoms with van der Waals surface area (Å²) in [6, 6.07) is 3.31. The number of pyridine rings is 1. The molecule has 1 atom stereocenters. The van der Waals surface area contributed by atoms with Crippen LogP contribution >= 0.6 is 0 Å². The summed E-state index contributed by atoms with van der Waals surface area (Å²) >= 11 is 0. The predicted octanol–water partition coefficient (Wildman–Crippen LogP) is 0.464. The maximum Gasteiger partial charge on any atom is 0.125 e. The van der Waals surface area contributed by atoms with Crippen LogP contribution in [0.25, 0.3) is 11.3 Å². The number of hydrogen-bond acceptors (Lipinski definition) is 4. The zero-order chi connectivity index (χ0) is 10.7. The lowest BCUT2D eigenvalue weighted by Gasteiger charge is -2.02. The first-order valence-corrected chi connectivity index (χ1v) is 4.63. The molecule has 2 aromatic heterocycles. The number of H-pyrrole nitrogens is 1. The molecule has 2 aromatic rings. The van der Waals surface area contributed by atoms with Gasteiger partial charge in [-0.05, 0) is 12.1 Å². The van der Waals surface area contributed by atoms with Gasteiger partial charge in [0.1, 0.15) is 5.82 Å². The van der Waals surface area contributed by atoms with Gasteiger partial charge >= 0.3 is 0 Å². The van der Waals surface area contributed by atoms with Crippen LogP contribution in [0.5, 0.6) is 0 Å². The van der Waals surface area contributed by atoms with Crippen molar-refractivity contribution in [2.24, 2.45) is 5.73 Å². The molecule has 1 unspecified atom stereocenters. The molecule has 2 heterocycles. The largest absolute Gasteiger partial charge is 0.394 e. The maximum atomic E-state index is 8.87. The van der Waals surface area contributed by atoms with E-state index in [2.05, 4.69) is 15.0 Å². The lowest BCUT2D eigenvalue weighted by atomic mass is 10.2. The van der Waals surface area contributed by atoms with E-state index >= 15 is 0 Å². The maximum absolute atomic E-state index is 8.87. The van der Waals surface area contributed by atoms with Crippen molar-refractivity contribution < 1.29 is 5.11 Å². The van der Waals surface area contributed by atoms with E-state index in [4.69, 9.17) is 10.8 Å². The van der Waals surface area contributed by atoms with Gasteiger partial charge in [0, 0.05) is 18.0 Å². The van der Waals surface area contributed by atoms with Crippen molar-refractivity contribution in [2.75, 3.05) is 6.61 Å². The second-order valence-corrected chi connectivity index (χ2v) is 3.21. The van der Waals surface area contributed by atoms with Gasteiger partial charge in [0.25, 0.3) is 0 Å². The smallest absolute Gasteiger partial charge is 0.125 e. The molecule has 5 nitrogen and oxygen atoms in total. The van der Waals surface area contributed by atoms with Crippen molar-refractivity contribution in [1.29, 1.82) is 0 Å². The molecule has 2 rings (SSSR count). The standard InChI is InChI=1S/C10H12N4O/c11-8(6-15)10-13-5-9(14-10)7-2-1-3-12-4-7/h1-5,8,15H,6,11H2,(H,13,14). The molecule has 0 aliphatic rings. The topological polar surface area (TPSA) is 87.8 Å². The van der Waals surface area contributed by atoms with Crippen LogP contribution < -0.4 is 5.73 Å². The van der Waals surface area contributed by atoms with Gasteiger partial charge in [-0.15, -0.1) is 0 Å². The third kappa shape index (κ3) is 2.03. The second-order valence-electron chi connectivity index (χ2n) is 3.21. The number of aromatic nitrogens is 3. The highest BCUT2D eigenvalue weighted by molar-refractivity contribution is 5.56. The summed E-state index contributed by atoms with van der Waals surface area (Å²) in [5.41, 5.74) is 7.42. The summed E-state index contributed by atoms with van der Waals surface area (Å²) in [5, 5.41) is 8.87. The summed E-state index contributed by atoms with van der Waals surface area (Å²) < 4.78 is 0. The molecule has 0 saturated carbocycles. The highest BCUT2D eigenvalue weighted by atomic mass is 16.3. The van der Waals surface area contributed by atoms with Gasteiger partial charge in [0.15, 0.2) is 0 Å². The van der Waals surface area contributed by atoms with Crippen molar-refractivity contribution in [3.8, 4) is 11.3 Å². The first-order chi connectivity index (χ1) is 7.31. The summed E-state index contributed by atoms with van der Waals surface area (Å²) in [6.45, 7) is -0.125. The number of aromatic amines is 1. The lowest BCUT2D eigenvalue weighted by molar-refractivity contribution is 0.264. The molecule has 0 aromatic carbocycles. The van der Waals surface area contributed by atoms with Crippen molar-refractivity contribution in [2.45, 2.75) is 6.04 Å². The normalized spacial score (nSPS) is 12.7. The van der Waals surface area contributed by atoms with Gasteiger partial charge < -0.3 is 15.8 Å². The first-order valence-electron chi connectivity index (χ1n) is 4.63. The summed E-state index contributed by atoms with van der Waals surface area (Å²) in [6.07, 6.45) is 5.13. The number of nitrogens with one attached hydrogen (secondary N) is 1. The molecule has 0 bridgehead atoms. The summed E-state index contributed by atoms with van der Waals surface area (Å²) in [7, 11) is 0. The molecular weight excluding hydrogens is 192 g/mol. The van der Waals surface area contributed by atoms with E-state index in [-0.39, 0.29) is 6.61 Å². The predicted molar refractivity (Wildman–Crippen MR) is 55.8 cm³/mol. The van der Waals surface area contributed by atoms with Crippen molar-refractivity contribution >= 4 is 0 Å². The number of rotatable bonds is 3. The molecule has 0 saturated heterocycles. The Bertz CT molecular complexity index is 426. The minimum absolute atomic E-state index is 0.125. The molecule has 78 valence electrons. The Morgan fingerprint density at radius 1 is 1.47 bits per heavy atom. The minimum Gasteiger partial charge on any atom is -0.394 e. The van der Waals surface area contributed by atoms with E-state index in [0.29, 0.717) is 5.82 Å². The zero-order valence-corrected chi connectivity index (χ0v) is 8.09. The van der Waals surface area contributed by atoms with E-state index in [1.54, 1.807) is 18.6 Å². The van der Waals surface area contributed by atoms with Crippen LogP contribution in [0.1, 0.15) is 11.9 Å². The molecule has 0 aliphatic heterocycles. The fourth-order valence-electron chi connectivity index (χ4n) is 1.28. The quantitative estimate of drug-likeness (QED) is 0.678. The Hall–Kier alpha value is -1.72. The number of aliphatic hydroxyl groups is 1. The lowest BCUT2D eigenvalue weighted by Crippen LogP contribution is -2.15. The molecule has 0 aliphatic carbocycles. The molecule has 5 heteroatoms. The van der Waals surface area contributed by atoms with Gasteiger partial charge in [-0.3, -0.25) is 4.98 Å². The Labute approximate surface area is 87.0 Å². The van der Waals surface area contributed by atoms with Crippen molar-refractivity contribution in [3.05, 3.63) is 36.5 Å². The van der Waals surface area contributed by atoms with E-state index in [0.717, 1.165) is 11.3 Å². The average Bonchev–Trinajstić information content (AvgIpc) is 2.78. The van der Waals surface area contributed by atoms with Gasteiger partial charge in [0.2, 0.25) is 0 Å². The Kier molecular flexibility index (Phi) is 2.75. The van der Waals surface area contributed by atoms with Gasteiger partial charge in [0.05, 0.1) is 24.5 Å². The number of nitrogens with two attached hydrogens (primary N) is 1. The highest BCUT2D eigenvalue weighted by Crippen LogP contribution is 2.16. The Balaban J connectivity index is 2.28. The van der Waals surface area contributed by atoms with Gasteiger partial charge in [-0.25, -0.2) is 4.98 Å². The molecule has 0 radical (unpaired) electrons. The van der Waals surface area contributed by atoms with Crippen LogP contribution in [-0.4, -0.2) is 26.7 Å². The Morgan fingerprint density at radius 3 is 3.00 bits per heavy atom. The van der Waals surface area contributed by atoms with E-state index in [9.17, 15) is 0 Å². The van der Waals surface area contributed by atoms with Crippen LogP contribution in [0.2, 0.25) is 0 Å². The zero-order valence-electron chi connectivity index (χ0n) is 8.09. The van der Waals surface area contributed by atoms with E-state index < -0.39 is 6.04 Å². The van der Waals surface area contributed by atoms with Gasteiger partial charge in [-0.1, -0.05) is 0 Å². The van der Waals surface area contributed by atoms with Crippen LogP contribution in [0, 0.1) is 0 Å². The number of imidazole rings is 1. The third-order valence-electron chi connectivity index (χ3n) is 2.12.